The van der Waals surface area contributed by atoms with Crippen LogP contribution in [0.1, 0.15) is 18.4 Å². The van der Waals surface area contributed by atoms with Crippen molar-refractivity contribution in [1.29, 1.82) is 0 Å². The number of hydrogen-bond donors (Lipinski definition) is 1. The second kappa shape index (κ2) is 8.89. The first-order valence-corrected chi connectivity index (χ1v) is 11.9. The molecule has 0 unspecified atom stereocenters. The van der Waals surface area contributed by atoms with Crippen LogP contribution in [-0.2, 0) is 9.59 Å². The highest BCUT2D eigenvalue weighted by Gasteiger charge is 2.31. The molecule has 2 amide bonds. The van der Waals surface area contributed by atoms with E-state index in [1.54, 1.807) is 11.0 Å². The second-order valence-electron chi connectivity index (χ2n) is 7.08. The van der Waals surface area contributed by atoms with Crippen molar-refractivity contribution in [3.8, 4) is 11.5 Å². The summed E-state index contributed by atoms with van der Waals surface area (Å²) in [7, 11) is 0. The number of nitrogens with one attached hydrogen (secondary N) is 1. The summed E-state index contributed by atoms with van der Waals surface area (Å²) >= 11 is 8.08. The summed E-state index contributed by atoms with van der Waals surface area (Å²) in [6.07, 6.45) is 2.57. The number of nitrogens with zero attached hydrogens (tertiary/aromatic N) is 2. The van der Waals surface area contributed by atoms with Gasteiger partial charge in [-0.25, -0.2) is 4.98 Å². The molecule has 0 aliphatic carbocycles. The molecule has 32 heavy (non-hydrogen) atoms. The highest BCUT2D eigenvalue weighted by atomic mass is 32.2. The number of carbonyl (C=O) groups excluding carboxylic acids is 2. The maximum Gasteiger partial charge on any atom is 0.266 e. The van der Waals surface area contributed by atoms with Crippen molar-refractivity contribution in [3.63, 3.8) is 0 Å². The van der Waals surface area contributed by atoms with E-state index >= 15 is 0 Å². The smallest absolute Gasteiger partial charge is 0.266 e. The monoisotopic (exact) mass is 483 g/mol. The Bertz CT molecular complexity index is 1240. The van der Waals surface area contributed by atoms with E-state index in [0.29, 0.717) is 38.8 Å². The maximum atomic E-state index is 12.8. The number of benzene rings is 2. The van der Waals surface area contributed by atoms with Gasteiger partial charge in [-0.2, -0.15) is 0 Å². The topological polar surface area (TPSA) is 80.8 Å². The number of para-hydroxylation sites is 1. The number of amides is 2. The molecule has 1 aromatic heterocycles. The molecule has 3 heterocycles. The normalized spacial score (nSPS) is 16.4. The van der Waals surface area contributed by atoms with Crippen LogP contribution in [0.3, 0.4) is 0 Å². The Morgan fingerprint density at radius 2 is 2.06 bits per heavy atom. The molecule has 0 spiro atoms. The molecule has 5 rings (SSSR count). The average Bonchev–Trinajstić information content (AvgIpc) is 3.47. The molecule has 1 fully saturated rings. The predicted octanol–water partition coefficient (Wildman–Crippen LogP) is 4.65. The molecule has 1 saturated heterocycles. The number of thiocarbonyl (C=S) groups is 1. The van der Waals surface area contributed by atoms with Crippen molar-refractivity contribution in [2.24, 2.45) is 0 Å². The van der Waals surface area contributed by atoms with E-state index in [0.717, 1.165) is 15.8 Å². The molecule has 0 bridgehead atoms. The minimum atomic E-state index is -0.149. The second-order valence-corrected chi connectivity index (χ2v) is 9.79. The third kappa shape index (κ3) is 4.34. The van der Waals surface area contributed by atoms with E-state index in [1.807, 2.05) is 42.5 Å². The van der Waals surface area contributed by atoms with E-state index in [2.05, 4.69) is 10.3 Å². The van der Waals surface area contributed by atoms with Crippen molar-refractivity contribution < 1.29 is 19.1 Å². The molecule has 0 atom stereocenters. The number of carbonyl (C=O) groups is 2. The number of thiazole rings is 1. The van der Waals surface area contributed by atoms with Gasteiger partial charge in [-0.05, 0) is 42.3 Å². The van der Waals surface area contributed by atoms with Crippen LogP contribution in [0.25, 0.3) is 16.3 Å². The lowest BCUT2D eigenvalue weighted by Gasteiger charge is -2.13. The predicted molar refractivity (Wildman–Crippen MR) is 130 cm³/mol. The van der Waals surface area contributed by atoms with Crippen molar-refractivity contribution >= 4 is 72.9 Å². The summed E-state index contributed by atoms with van der Waals surface area (Å²) in [5.74, 6) is 1.07. The van der Waals surface area contributed by atoms with Crippen LogP contribution in [0.4, 0.5) is 5.13 Å². The third-order valence-corrected chi connectivity index (χ3v) is 7.22. The SMILES string of the molecule is O=C(CCCN1C(=O)C(=Cc2ccc3c(c2)OCO3)SC1=S)Nc1nc2ccccc2s1. The molecule has 2 aliphatic heterocycles. The molecule has 0 radical (unpaired) electrons. The van der Waals surface area contributed by atoms with Crippen LogP contribution in [0.2, 0.25) is 0 Å². The van der Waals surface area contributed by atoms with Gasteiger partial charge in [0.05, 0.1) is 15.1 Å². The maximum absolute atomic E-state index is 12.8. The zero-order valence-corrected chi connectivity index (χ0v) is 19.1. The Hall–Kier alpha value is -2.95. The van der Waals surface area contributed by atoms with Crippen LogP contribution >= 0.6 is 35.3 Å². The minimum absolute atomic E-state index is 0.134. The van der Waals surface area contributed by atoms with Gasteiger partial charge in [-0.15, -0.1) is 0 Å². The third-order valence-electron chi connectivity index (χ3n) is 4.89. The fourth-order valence-electron chi connectivity index (χ4n) is 3.35. The molecule has 7 nitrogen and oxygen atoms in total. The molecule has 2 aliphatic rings. The van der Waals surface area contributed by atoms with Gasteiger partial charge >= 0.3 is 0 Å². The van der Waals surface area contributed by atoms with Crippen molar-refractivity contribution in [2.75, 3.05) is 18.7 Å². The Morgan fingerprint density at radius 3 is 2.94 bits per heavy atom. The zero-order valence-electron chi connectivity index (χ0n) is 16.7. The summed E-state index contributed by atoms with van der Waals surface area (Å²) in [6, 6.07) is 13.3. The number of fused-ring (bicyclic) bond motifs is 2. The van der Waals surface area contributed by atoms with E-state index in [-0.39, 0.29) is 25.0 Å². The van der Waals surface area contributed by atoms with Gasteiger partial charge in [0, 0.05) is 13.0 Å². The van der Waals surface area contributed by atoms with Gasteiger partial charge in [0.1, 0.15) is 4.32 Å². The Labute approximate surface area is 197 Å². The van der Waals surface area contributed by atoms with Crippen LogP contribution < -0.4 is 14.8 Å². The first kappa shape index (κ1) is 20.9. The van der Waals surface area contributed by atoms with Gasteiger partial charge in [0.25, 0.3) is 5.91 Å². The Kier molecular flexibility index (Phi) is 5.81. The number of aromatic nitrogens is 1. The summed E-state index contributed by atoms with van der Waals surface area (Å²) in [4.78, 5) is 31.6. The van der Waals surface area contributed by atoms with Crippen LogP contribution in [-0.4, -0.2) is 39.4 Å². The van der Waals surface area contributed by atoms with E-state index in [9.17, 15) is 9.59 Å². The number of thioether (sulfide) groups is 1. The first-order chi connectivity index (χ1) is 15.6. The van der Waals surface area contributed by atoms with Crippen LogP contribution in [0.15, 0.2) is 47.4 Å². The van der Waals surface area contributed by atoms with Gasteiger partial charge in [0.15, 0.2) is 16.6 Å². The standard InChI is InChI=1S/C22H17N3O4S3/c26-19(24-21-23-14-4-1-2-5-17(14)31-21)6-3-9-25-20(27)18(32-22(25)30)11-13-7-8-15-16(10-13)29-12-28-15/h1-2,4-5,7-8,10-11H,3,6,9,12H2,(H,23,24,26). The van der Waals surface area contributed by atoms with Crippen molar-refractivity contribution in [1.82, 2.24) is 9.88 Å². The molecule has 162 valence electrons. The van der Waals surface area contributed by atoms with Gasteiger partial charge in [-0.3, -0.25) is 14.5 Å². The zero-order chi connectivity index (χ0) is 22.1. The van der Waals surface area contributed by atoms with E-state index < -0.39 is 0 Å². The average molecular weight is 484 g/mol. The Balaban J connectivity index is 1.16. The number of anilines is 1. The summed E-state index contributed by atoms with van der Waals surface area (Å²) in [6.45, 7) is 0.587. The number of hydrogen-bond acceptors (Lipinski definition) is 8. The number of rotatable bonds is 6. The van der Waals surface area contributed by atoms with Crippen LogP contribution in [0.5, 0.6) is 11.5 Å². The summed E-state index contributed by atoms with van der Waals surface area (Å²) in [5.41, 5.74) is 1.70. The highest BCUT2D eigenvalue weighted by molar-refractivity contribution is 8.26. The van der Waals surface area contributed by atoms with Crippen molar-refractivity contribution in [3.05, 3.63) is 52.9 Å². The molecule has 10 heteroatoms. The van der Waals surface area contributed by atoms with Crippen LogP contribution in [0, 0.1) is 0 Å². The molecule has 0 saturated carbocycles. The highest BCUT2D eigenvalue weighted by Crippen LogP contribution is 2.36. The summed E-state index contributed by atoms with van der Waals surface area (Å²) in [5, 5.41) is 3.41. The van der Waals surface area contributed by atoms with E-state index in [1.165, 1.54) is 23.1 Å². The molecule has 2 aromatic carbocycles. The van der Waals surface area contributed by atoms with Gasteiger partial charge in [-0.1, -0.05) is 53.5 Å². The van der Waals surface area contributed by atoms with Crippen molar-refractivity contribution in [2.45, 2.75) is 12.8 Å². The van der Waals surface area contributed by atoms with E-state index in [4.69, 9.17) is 21.7 Å². The first-order valence-electron chi connectivity index (χ1n) is 9.87. The lowest BCUT2D eigenvalue weighted by molar-refractivity contribution is -0.122. The summed E-state index contributed by atoms with van der Waals surface area (Å²) < 4.78 is 12.2. The quantitative estimate of drug-likeness (QED) is 0.404. The molecular weight excluding hydrogens is 466 g/mol. The fraction of sp³-hybridized carbons (Fsp3) is 0.182. The lowest BCUT2D eigenvalue weighted by atomic mass is 10.2. The number of ether oxygens (including phenoxy) is 2. The molecule has 3 aromatic rings. The largest absolute Gasteiger partial charge is 0.454 e. The molecular formula is C22H17N3O4S3. The Morgan fingerprint density at radius 1 is 1.22 bits per heavy atom. The molecule has 1 N–H and O–H groups in total. The minimum Gasteiger partial charge on any atom is -0.454 e. The van der Waals surface area contributed by atoms with Gasteiger partial charge in [0.2, 0.25) is 12.7 Å². The lowest BCUT2D eigenvalue weighted by Crippen LogP contribution is -2.29. The fourth-order valence-corrected chi connectivity index (χ4v) is 5.54. The van der Waals surface area contributed by atoms with Gasteiger partial charge < -0.3 is 14.8 Å².